The minimum absolute atomic E-state index is 0.147. The van der Waals surface area contributed by atoms with E-state index in [9.17, 15) is 8.78 Å². The number of ether oxygens (including phenoxy) is 1. The Kier molecular flexibility index (Phi) is 4.22. The maximum Gasteiger partial charge on any atom is 0.387 e. The SMILES string of the molecule is CNCc1nc(-c2ccccc2OC(F)F)cs1. The van der Waals surface area contributed by atoms with Gasteiger partial charge in [-0.1, -0.05) is 12.1 Å². The molecule has 0 aliphatic heterocycles. The Morgan fingerprint density at radius 2 is 2.17 bits per heavy atom. The third-order valence-electron chi connectivity index (χ3n) is 2.26. The van der Waals surface area contributed by atoms with Gasteiger partial charge < -0.3 is 10.1 Å². The van der Waals surface area contributed by atoms with E-state index in [1.54, 1.807) is 18.2 Å². The van der Waals surface area contributed by atoms with Crippen LogP contribution in [0, 0.1) is 0 Å². The van der Waals surface area contributed by atoms with Crippen molar-refractivity contribution in [2.24, 2.45) is 0 Å². The predicted molar refractivity (Wildman–Crippen MR) is 66.9 cm³/mol. The fraction of sp³-hybridized carbons (Fsp3) is 0.250. The minimum atomic E-state index is -2.83. The summed E-state index contributed by atoms with van der Waals surface area (Å²) in [6.07, 6.45) is 0. The Labute approximate surface area is 107 Å². The predicted octanol–water partition coefficient (Wildman–Crippen LogP) is 3.13. The lowest BCUT2D eigenvalue weighted by atomic mass is 10.1. The molecule has 0 atom stereocenters. The lowest BCUT2D eigenvalue weighted by Crippen LogP contribution is -2.04. The summed E-state index contributed by atoms with van der Waals surface area (Å²) in [6, 6.07) is 6.65. The Morgan fingerprint density at radius 3 is 2.89 bits per heavy atom. The normalized spacial score (nSPS) is 10.9. The summed E-state index contributed by atoms with van der Waals surface area (Å²) >= 11 is 1.48. The zero-order chi connectivity index (χ0) is 13.0. The molecule has 1 aromatic heterocycles. The Morgan fingerprint density at radius 1 is 1.39 bits per heavy atom. The van der Waals surface area contributed by atoms with Gasteiger partial charge in [0.15, 0.2) is 0 Å². The average molecular weight is 270 g/mol. The van der Waals surface area contributed by atoms with Gasteiger partial charge in [0.2, 0.25) is 0 Å². The molecule has 6 heteroatoms. The Hall–Kier alpha value is -1.53. The van der Waals surface area contributed by atoms with Gasteiger partial charge in [0.1, 0.15) is 10.8 Å². The Bertz CT molecular complexity index is 516. The van der Waals surface area contributed by atoms with Gasteiger partial charge in [-0.15, -0.1) is 11.3 Å². The molecule has 0 spiro atoms. The molecule has 0 saturated heterocycles. The second-order valence-electron chi connectivity index (χ2n) is 3.53. The number of halogens is 2. The quantitative estimate of drug-likeness (QED) is 0.906. The van der Waals surface area contributed by atoms with Crippen LogP contribution in [0.5, 0.6) is 5.75 Å². The molecule has 3 nitrogen and oxygen atoms in total. The first-order valence-corrected chi connectivity index (χ1v) is 6.22. The zero-order valence-electron chi connectivity index (χ0n) is 9.69. The first-order chi connectivity index (χ1) is 8.70. The number of aromatic nitrogens is 1. The number of thiazole rings is 1. The maximum absolute atomic E-state index is 12.3. The van der Waals surface area contributed by atoms with E-state index in [-0.39, 0.29) is 5.75 Å². The maximum atomic E-state index is 12.3. The number of rotatable bonds is 5. The molecule has 0 aliphatic rings. The van der Waals surface area contributed by atoms with E-state index in [0.29, 0.717) is 17.8 Å². The number of benzene rings is 1. The molecule has 0 aliphatic carbocycles. The highest BCUT2D eigenvalue weighted by Crippen LogP contribution is 2.31. The van der Waals surface area contributed by atoms with Crippen LogP contribution in [0.3, 0.4) is 0 Å². The van der Waals surface area contributed by atoms with E-state index in [4.69, 9.17) is 0 Å². The summed E-state index contributed by atoms with van der Waals surface area (Å²) in [5.41, 5.74) is 1.23. The van der Waals surface area contributed by atoms with Gasteiger partial charge in [-0.05, 0) is 19.2 Å². The number of para-hydroxylation sites is 1. The lowest BCUT2D eigenvalue weighted by molar-refractivity contribution is -0.0494. The summed E-state index contributed by atoms with van der Waals surface area (Å²) in [7, 11) is 1.83. The van der Waals surface area contributed by atoms with Gasteiger partial charge in [-0.2, -0.15) is 8.78 Å². The van der Waals surface area contributed by atoms with Gasteiger partial charge in [-0.25, -0.2) is 4.98 Å². The molecule has 0 unspecified atom stereocenters. The molecule has 2 rings (SSSR count). The van der Waals surface area contributed by atoms with Crippen LogP contribution in [0.4, 0.5) is 8.78 Å². The van der Waals surface area contributed by atoms with Crippen molar-refractivity contribution in [1.82, 2.24) is 10.3 Å². The standard InChI is InChI=1S/C12H12F2N2OS/c1-15-6-11-16-9(7-18-11)8-4-2-3-5-10(8)17-12(13)14/h2-5,7,12,15H,6H2,1H3. The van der Waals surface area contributed by atoms with Crippen molar-refractivity contribution in [1.29, 1.82) is 0 Å². The summed E-state index contributed by atoms with van der Waals surface area (Å²) in [5.74, 6) is 0.147. The van der Waals surface area contributed by atoms with Gasteiger partial charge in [0.05, 0.1) is 5.69 Å². The molecule has 0 fully saturated rings. The summed E-state index contributed by atoms with van der Waals surface area (Å²) < 4.78 is 29.1. The summed E-state index contributed by atoms with van der Waals surface area (Å²) in [6.45, 7) is -2.18. The van der Waals surface area contributed by atoms with Crippen LogP contribution < -0.4 is 10.1 Å². The fourth-order valence-electron chi connectivity index (χ4n) is 1.54. The largest absolute Gasteiger partial charge is 0.434 e. The molecule has 96 valence electrons. The van der Waals surface area contributed by atoms with Crippen molar-refractivity contribution in [2.75, 3.05) is 7.05 Å². The first-order valence-electron chi connectivity index (χ1n) is 5.34. The van der Waals surface area contributed by atoms with E-state index >= 15 is 0 Å². The van der Waals surface area contributed by atoms with Crippen LogP contribution in [-0.2, 0) is 6.54 Å². The third kappa shape index (κ3) is 3.02. The molecule has 2 aromatic rings. The monoisotopic (exact) mass is 270 g/mol. The minimum Gasteiger partial charge on any atom is -0.434 e. The highest BCUT2D eigenvalue weighted by Gasteiger charge is 2.12. The van der Waals surface area contributed by atoms with Gasteiger partial charge in [0, 0.05) is 17.5 Å². The topological polar surface area (TPSA) is 34.2 Å². The van der Waals surface area contributed by atoms with Crippen LogP contribution in [0.15, 0.2) is 29.6 Å². The van der Waals surface area contributed by atoms with Crippen molar-refractivity contribution in [3.63, 3.8) is 0 Å². The van der Waals surface area contributed by atoms with E-state index in [1.807, 2.05) is 12.4 Å². The molecule has 0 radical (unpaired) electrons. The van der Waals surface area contributed by atoms with E-state index in [0.717, 1.165) is 5.01 Å². The van der Waals surface area contributed by atoms with Crippen molar-refractivity contribution in [2.45, 2.75) is 13.2 Å². The van der Waals surface area contributed by atoms with E-state index < -0.39 is 6.61 Å². The molecule has 1 heterocycles. The summed E-state index contributed by atoms with van der Waals surface area (Å²) in [4.78, 5) is 4.37. The van der Waals surface area contributed by atoms with Gasteiger partial charge in [0.25, 0.3) is 0 Å². The van der Waals surface area contributed by atoms with Crippen molar-refractivity contribution in [3.8, 4) is 17.0 Å². The molecule has 0 saturated carbocycles. The molecular formula is C12H12F2N2OS. The smallest absolute Gasteiger partial charge is 0.387 e. The fourth-order valence-corrected chi connectivity index (χ4v) is 2.35. The van der Waals surface area contributed by atoms with E-state index in [1.165, 1.54) is 17.4 Å². The Balaban J connectivity index is 2.30. The first kappa shape index (κ1) is 12.9. The van der Waals surface area contributed by atoms with Gasteiger partial charge >= 0.3 is 6.61 Å². The highest BCUT2D eigenvalue weighted by atomic mass is 32.1. The molecule has 0 amide bonds. The molecular weight excluding hydrogens is 258 g/mol. The molecule has 18 heavy (non-hydrogen) atoms. The van der Waals surface area contributed by atoms with Crippen LogP contribution in [0.25, 0.3) is 11.3 Å². The number of nitrogens with zero attached hydrogens (tertiary/aromatic N) is 1. The second-order valence-corrected chi connectivity index (χ2v) is 4.47. The summed E-state index contributed by atoms with van der Waals surface area (Å²) in [5, 5.41) is 5.73. The van der Waals surface area contributed by atoms with Gasteiger partial charge in [-0.3, -0.25) is 0 Å². The third-order valence-corrected chi connectivity index (χ3v) is 3.11. The second kappa shape index (κ2) is 5.88. The number of hydrogen-bond donors (Lipinski definition) is 1. The van der Waals surface area contributed by atoms with Crippen LogP contribution in [0.1, 0.15) is 5.01 Å². The van der Waals surface area contributed by atoms with Crippen LogP contribution in [-0.4, -0.2) is 18.6 Å². The molecule has 1 aromatic carbocycles. The number of nitrogens with one attached hydrogen (secondary N) is 1. The number of hydrogen-bond acceptors (Lipinski definition) is 4. The van der Waals surface area contributed by atoms with Crippen LogP contribution in [0.2, 0.25) is 0 Å². The van der Waals surface area contributed by atoms with Crippen molar-refractivity contribution < 1.29 is 13.5 Å². The number of alkyl halides is 2. The van der Waals surface area contributed by atoms with E-state index in [2.05, 4.69) is 15.0 Å². The lowest BCUT2D eigenvalue weighted by Gasteiger charge is -2.08. The molecule has 1 N–H and O–H groups in total. The average Bonchev–Trinajstić information content (AvgIpc) is 2.78. The van der Waals surface area contributed by atoms with Crippen molar-refractivity contribution in [3.05, 3.63) is 34.7 Å². The highest BCUT2D eigenvalue weighted by molar-refractivity contribution is 7.09. The van der Waals surface area contributed by atoms with Crippen LogP contribution >= 0.6 is 11.3 Å². The molecule has 0 bridgehead atoms. The zero-order valence-corrected chi connectivity index (χ0v) is 10.5. The van der Waals surface area contributed by atoms with Crippen molar-refractivity contribution >= 4 is 11.3 Å².